The summed E-state index contributed by atoms with van der Waals surface area (Å²) < 4.78 is 75.5. The molecule has 2 aromatic heterocycles. The van der Waals surface area contributed by atoms with Gasteiger partial charge in [0.25, 0.3) is 5.91 Å². The van der Waals surface area contributed by atoms with Gasteiger partial charge in [0.15, 0.2) is 18.9 Å². The minimum atomic E-state index is -1.76. The number of halogens is 2. The summed E-state index contributed by atoms with van der Waals surface area (Å²) in [6.45, 7) is 2.77. The molecular weight excluding hydrogens is 1280 g/mol. The van der Waals surface area contributed by atoms with E-state index in [1.54, 1.807) is 26.2 Å². The fraction of sp³-hybridized carbons (Fsp3) is 0.692. The fourth-order valence-electron chi connectivity index (χ4n) is 14.4. The first-order valence-corrected chi connectivity index (χ1v) is 33.4. The Bertz CT molecular complexity index is 3260. The van der Waals surface area contributed by atoms with Gasteiger partial charge in [0.2, 0.25) is 17.7 Å². The van der Waals surface area contributed by atoms with E-state index in [4.69, 9.17) is 33.2 Å². The summed E-state index contributed by atoms with van der Waals surface area (Å²) in [7, 11) is 3.16. The van der Waals surface area contributed by atoms with E-state index in [0.29, 0.717) is 24.0 Å². The van der Waals surface area contributed by atoms with Gasteiger partial charge in [-0.05, 0) is 75.1 Å². The summed E-state index contributed by atoms with van der Waals surface area (Å²) in [6, 6.07) is 7.34. The van der Waals surface area contributed by atoms with Crippen LogP contribution in [0.1, 0.15) is 103 Å². The van der Waals surface area contributed by atoms with Crippen molar-refractivity contribution in [1.82, 2.24) is 50.8 Å². The van der Waals surface area contributed by atoms with E-state index in [1.165, 1.54) is 72.2 Å². The highest BCUT2D eigenvalue weighted by Gasteiger charge is 2.54. The molecule has 12 N–H and O–H groups in total. The third-order valence-corrected chi connectivity index (χ3v) is 19.7. The summed E-state index contributed by atoms with van der Waals surface area (Å²) in [5, 5.41) is 126. The molecule has 24 atom stereocenters. The molecule has 15 unspecified atom stereocenters. The van der Waals surface area contributed by atoms with Crippen molar-refractivity contribution >= 4 is 23.6 Å². The van der Waals surface area contributed by atoms with Gasteiger partial charge in [-0.3, -0.25) is 19.2 Å². The Kier molecular flexibility index (Phi) is 24.9. The third kappa shape index (κ3) is 17.2. The van der Waals surface area contributed by atoms with Crippen molar-refractivity contribution < 1.29 is 107 Å². The molecule has 0 radical (unpaired) electrons. The molecular formula is C65H92F2N10O20. The Labute approximate surface area is 558 Å². The Morgan fingerprint density at radius 3 is 1.82 bits per heavy atom. The number of hydrogen-bond donors (Lipinski definition) is 12. The molecule has 3 aliphatic carbocycles. The maximum absolute atomic E-state index is 14.6. The van der Waals surface area contributed by atoms with Crippen molar-refractivity contribution in [3.05, 3.63) is 72.6 Å². The molecule has 4 amide bonds. The lowest BCUT2D eigenvalue weighted by Gasteiger charge is -2.49. The molecule has 3 saturated carbocycles. The molecule has 4 aromatic rings. The summed E-state index contributed by atoms with van der Waals surface area (Å²) in [5.41, 5.74) is 1.14. The second kappa shape index (κ2) is 32.9. The number of hydrogen-bond acceptors (Lipinski definition) is 24. The summed E-state index contributed by atoms with van der Waals surface area (Å²) in [4.78, 5) is 57.5. The number of amides is 4. The number of carbonyl (C=O) groups excluding carboxylic acids is 4. The van der Waals surface area contributed by atoms with Gasteiger partial charge < -0.3 is 100.0 Å². The van der Waals surface area contributed by atoms with Crippen molar-refractivity contribution in [3.8, 4) is 22.5 Å². The minimum Gasteiger partial charge on any atom is -0.394 e. The zero-order valence-electron chi connectivity index (χ0n) is 54.7. The summed E-state index contributed by atoms with van der Waals surface area (Å²) in [5.74, 6) is -5.38. The van der Waals surface area contributed by atoms with Crippen molar-refractivity contribution in [2.75, 3.05) is 40.4 Å². The first kappa shape index (κ1) is 73.5. The molecule has 0 spiro atoms. The van der Waals surface area contributed by atoms with E-state index in [0.717, 1.165) is 36.8 Å². The van der Waals surface area contributed by atoms with E-state index in [2.05, 4.69) is 36.6 Å². The highest BCUT2D eigenvalue weighted by Crippen LogP contribution is 2.42. The van der Waals surface area contributed by atoms with E-state index in [-0.39, 0.29) is 62.0 Å². The van der Waals surface area contributed by atoms with Gasteiger partial charge in [0.1, 0.15) is 102 Å². The average Bonchev–Trinajstić information content (AvgIpc) is 1.66. The predicted octanol–water partition coefficient (Wildman–Crippen LogP) is -0.479. The highest BCUT2D eigenvalue weighted by molar-refractivity contribution is 5.81. The second-order valence-electron chi connectivity index (χ2n) is 26.7. The highest BCUT2D eigenvalue weighted by atomic mass is 19.1. The monoisotopic (exact) mass is 1370 g/mol. The molecule has 6 fully saturated rings. The zero-order chi connectivity index (χ0) is 69.5. The van der Waals surface area contributed by atoms with Crippen LogP contribution in [0.5, 0.6) is 0 Å². The van der Waals surface area contributed by atoms with Gasteiger partial charge in [-0.25, -0.2) is 18.1 Å². The first-order valence-electron chi connectivity index (χ1n) is 33.4. The number of benzene rings is 2. The molecule has 10 rings (SSSR count). The molecule has 536 valence electrons. The van der Waals surface area contributed by atoms with Crippen molar-refractivity contribution in [2.24, 2.45) is 23.7 Å². The number of carbonyl (C=O) groups is 4. The Balaban J connectivity index is 0.859. The second-order valence-corrected chi connectivity index (χ2v) is 26.7. The normalized spacial score (nSPS) is 35.3. The molecule has 30 nitrogen and oxygen atoms in total. The van der Waals surface area contributed by atoms with Crippen LogP contribution in [0.15, 0.2) is 60.9 Å². The lowest BCUT2D eigenvalue weighted by atomic mass is 9.75. The van der Waals surface area contributed by atoms with Crippen LogP contribution in [0.4, 0.5) is 8.78 Å². The van der Waals surface area contributed by atoms with Crippen LogP contribution in [0.2, 0.25) is 0 Å². The van der Waals surface area contributed by atoms with Crippen LogP contribution in [0, 0.1) is 35.3 Å². The fourth-order valence-corrected chi connectivity index (χ4v) is 14.4. The van der Waals surface area contributed by atoms with Gasteiger partial charge in [-0.2, -0.15) is 0 Å². The summed E-state index contributed by atoms with van der Waals surface area (Å²) >= 11 is 0. The average molecular weight is 1370 g/mol. The van der Waals surface area contributed by atoms with E-state index in [1.807, 2.05) is 6.92 Å². The van der Waals surface area contributed by atoms with Crippen molar-refractivity contribution in [2.45, 2.75) is 220 Å². The van der Waals surface area contributed by atoms with Crippen LogP contribution < -0.4 is 16.0 Å². The van der Waals surface area contributed by atoms with Gasteiger partial charge in [0, 0.05) is 57.1 Å². The number of nitrogens with one attached hydrogen (secondary N) is 3. The molecule has 6 aliphatic rings. The Hall–Kier alpha value is -6.18. The standard InChI is InChI=1S/C65H92F2N10O20/c1-6-34-21-37(26-45(58(34)97-65-57(87)56(86)51(81)31(2)91-65)94-63-49(70-32(3)80)59(54(84)48(30-79)95-63)92-46(62(90)75(4)5)20-33-12-8-7-9-13-33)60(88)68-18-19-69-61(89)38-24-43(76-27-41(71-73-76)35-14-10-16-39(66)22-35)52(82)44(25-38)93-64-55(85)50(53(83)47(29-78)96-64)77-28-42(72-74-77)36-15-11-17-40(67)23-36/h10-11,14-17,22-23,27-28,31,33-34,37-38,43-59,63-65,78-79,81-87H,6-9,12-13,18-21,24-26,29-30H2,1-5H3,(H,68,88)(H,69,89)(H,70,80)/t31?,34?,37?,38?,43?,44-,45-,46+,47?,48?,49?,50?,51-,52?,53+,54+,55?,56?,57?,58?,59?,63-,64-,65+/m1/s1. The van der Waals surface area contributed by atoms with E-state index < -0.39 is 189 Å². The molecule has 3 aliphatic heterocycles. The molecule has 32 heteroatoms. The van der Waals surface area contributed by atoms with Gasteiger partial charge in [0.05, 0.1) is 56.1 Å². The number of aliphatic hydroxyl groups excluding tert-OH is 9. The van der Waals surface area contributed by atoms with Crippen LogP contribution in [0.3, 0.4) is 0 Å². The quantitative estimate of drug-likeness (QED) is 0.0394. The predicted molar refractivity (Wildman–Crippen MR) is 333 cm³/mol. The molecule has 2 aromatic carbocycles. The lowest BCUT2D eigenvalue weighted by Crippen LogP contribution is -2.67. The number of ether oxygens (including phenoxy) is 7. The maximum atomic E-state index is 14.6. The first-order chi connectivity index (χ1) is 46.4. The molecule has 5 heterocycles. The Morgan fingerprint density at radius 2 is 1.23 bits per heavy atom. The lowest BCUT2D eigenvalue weighted by molar-refractivity contribution is -0.338. The molecule has 97 heavy (non-hydrogen) atoms. The third-order valence-electron chi connectivity index (χ3n) is 19.7. The van der Waals surface area contributed by atoms with Gasteiger partial charge >= 0.3 is 0 Å². The number of nitrogens with zero attached hydrogens (tertiary/aromatic N) is 7. The van der Waals surface area contributed by atoms with Crippen LogP contribution in [-0.2, 0) is 52.3 Å². The smallest absolute Gasteiger partial charge is 0.251 e. The zero-order valence-corrected chi connectivity index (χ0v) is 54.7. The van der Waals surface area contributed by atoms with Crippen molar-refractivity contribution in [1.29, 1.82) is 0 Å². The number of rotatable bonds is 24. The minimum absolute atomic E-state index is 0.0677. The van der Waals surface area contributed by atoms with Crippen molar-refractivity contribution in [3.63, 3.8) is 0 Å². The molecule has 0 bridgehead atoms. The number of aliphatic hydroxyl groups is 9. The summed E-state index contributed by atoms with van der Waals surface area (Å²) in [6.07, 6.45) is -17.9. The SMILES string of the molecule is CCC1CC(C(=O)NCCNC(=O)C2CC(n3cc(-c4cccc(F)c4)nn3)C(O)[C@H](O[C@@H]3OC(CO)[C@H](O)C(n4cc(-c5cccc(F)c5)nn4)C3O)C2)C[C@@H](O[C@@H]2OC(CO)[C@H](O)C(O[C@@H](CC3CCCCC3)C(=O)N(C)C)C2NC(C)=O)C1O[C@@H]1OC(C)[C@@H](O)C(O)C1O. The topological polar surface area (TPSA) is 416 Å². The van der Waals surface area contributed by atoms with Crippen LogP contribution >= 0.6 is 0 Å². The van der Waals surface area contributed by atoms with Gasteiger partial charge in [-0.1, -0.05) is 80.1 Å². The van der Waals surface area contributed by atoms with Crippen LogP contribution in [-0.4, -0.2) is 261 Å². The van der Waals surface area contributed by atoms with Gasteiger partial charge in [-0.15, -0.1) is 10.2 Å². The Morgan fingerprint density at radius 1 is 0.660 bits per heavy atom. The number of likely N-dealkylation sites (N-methyl/N-ethyl adjacent to an activating group) is 1. The largest absolute Gasteiger partial charge is 0.394 e. The van der Waals surface area contributed by atoms with E-state index in [9.17, 15) is 73.9 Å². The van der Waals surface area contributed by atoms with Crippen LogP contribution in [0.25, 0.3) is 22.5 Å². The number of aromatic nitrogens is 6. The maximum Gasteiger partial charge on any atom is 0.251 e. The van der Waals surface area contributed by atoms with E-state index >= 15 is 0 Å². The molecule has 3 saturated heterocycles.